The van der Waals surface area contributed by atoms with E-state index in [9.17, 15) is 0 Å². The predicted molar refractivity (Wildman–Crippen MR) is 133 cm³/mol. The molecular formula is C26H29N7O. The summed E-state index contributed by atoms with van der Waals surface area (Å²) in [6, 6.07) is 16.7. The van der Waals surface area contributed by atoms with Crippen molar-refractivity contribution in [2.24, 2.45) is 11.1 Å². The smallest absolute Gasteiger partial charge is 0.181 e. The summed E-state index contributed by atoms with van der Waals surface area (Å²) >= 11 is 0. The highest BCUT2D eigenvalue weighted by atomic mass is 16.5. The molecule has 0 radical (unpaired) electrons. The van der Waals surface area contributed by atoms with Crippen molar-refractivity contribution in [3.05, 3.63) is 71.4 Å². The second-order valence-corrected chi connectivity index (χ2v) is 9.49. The van der Waals surface area contributed by atoms with Crippen LogP contribution in [0.5, 0.6) is 5.75 Å². The summed E-state index contributed by atoms with van der Waals surface area (Å²) in [4.78, 5) is 11.9. The van der Waals surface area contributed by atoms with Gasteiger partial charge in [0, 0.05) is 19.1 Å². The number of rotatable bonds is 4. The van der Waals surface area contributed by atoms with Crippen molar-refractivity contribution in [2.45, 2.75) is 31.8 Å². The molecule has 1 atom stereocenters. The molecule has 1 aliphatic heterocycles. The van der Waals surface area contributed by atoms with Crippen LogP contribution in [0.4, 0.5) is 11.6 Å². The highest BCUT2D eigenvalue weighted by Crippen LogP contribution is 2.50. The summed E-state index contributed by atoms with van der Waals surface area (Å²) in [6.07, 6.45) is 4.96. The molecule has 0 bridgehead atoms. The Morgan fingerprint density at radius 1 is 1.09 bits per heavy atom. The maximum absolute atomic E-state index is 6.75. The average molecular weight is 456 g/mol. The molecular weight excluding hydrogens is 426 g/mol. The topological polar surface area (TPSA) is 108 Å². The maximum atomic E-state index is 6.75. The second kappa shape index (κ2) is 7.99. The summed E-state index contributed by atoms with van der Waals surface area (Å²) in [5, 5.41) is 4.51. The van der Waals surface area contributed by atoms with Gasteiger partial charge >= 0.3 is 0 Å². The quantitative estimate of drug-likeness (QED) is 0.486. The lowest BCUT2D eigenvalue weighted by Gasteiger charge is -2.42. The van der Waals surface area contributed by atoms with E-state index in [0.717, 1.165) is 49.5 Å². The molecule has 34 heavy (non-hydrogen) atoms. The Morgan fingerprint density at radius 2 is 1.85 bits per heavy atom. The van der Waals surface area contributed by atoms with Crippen LogP contribution < -0.4 is 21.1 Å². The van der Waals surface area contributed by atoms with Crippen molar-refractivity contribution in [1.82, 2.24) is 19.7 Å². The third-order valence-corrected chi connectivity index (χ3v) is 7.62. The first-order valence-corrected chi connectivity index (χ1v) is 11.8. The SMILES string of the molecule is COc1ccc(Cn2nc(N)c3ncc(N4CCC5(CC4)Cc4ccccc4[C@H]5N)nc32)cc1. The van der Waals surface area contributed by atoms with E-state index in [1.807, 2.05) is 35.1 Å². The highest BCUT2D eigenvalue weighted by molar-refractivity contribution is 5.83. The van der Waals surface area contributed by atoms with Gasteiger partial charge in [-0.2, -0.15) is 5.10 Å². The second-order valence-electron chi connectivity index (χ2n) is 9.49. The minimum absolute atomic E-state index is 0.102. The van der Waals surface area contributed by atoms with E-state index >= 15 is 0 Å². The molecule has 0 saturated carbocycles. The zero-order valence-corrected chi connectivity index (χ0v) is 19.3. The molecule has 1 fully saturated rings. The van der Waals surface area contributed by atoms with Gasteiger partial charge in [-0.05, 0) is 53.5 Å². The van der Waals surface area contributed by atoms with Crippen LogP contribution in [-0.2, 0) is 13.0 Å². The van der Waals surface area contributed by atoms with E-state index in [4.69, 9.17) is 21.2 Å². The first-order chi connectivity index (χ1) is 16.6. The minimum Gasteiger partial charge on any atom is -0.497 e. The van der Waals surface area contributed by atoms with E-state index in [1.54, 1.807) is 7.11 Å². The van der Waals surface area contributed by atoms with Crippen LogP contribution in [0.3, 0.4) is 0 Å². The minimum atomic E-state index is 0.102. The molecule has 6 rings (SSSR count). The fraction of sp³-hybridized carbons (Fsp3) is 0.346. The fourth-order valence-electron chi connectivity index (χ4n) is 5.61. The van der Waals surface area contributed by atoms with Gasteiger partial charge in [0.25, 0.3) is 0 Å². The van der Waals surface area contributed by atoms with Gasteiger partial charge in [-0.25, -0.2) is 14.6 Å². The Balaban J connectivity index is 1.23. The van der Waals surface area contributed by atoms with E-state index in [1.165, 1.54) is 11.1 Å². The molecule has 1 aliphatic carbocycles. The van der Waals surface area contributed by atoms with Crippen molar-refractivity contribution in [2.75, 3.05) is 30.8 Å². The van der Waals surface area contributed by atoms with Crippen LogP contribution in [-0.4, -0.2) is 39.9 Å². The molecule has 2 aliphatic rings. The molecule has 0 unspecified atom stereocenters. The molecule has 1 spiro atoms. The number of fused-ring (bicyclic) bond motifs is 2. The average Bonchev–Trinajstić information content (AvgIpc) is 3.33. The van der Waals surface area contributed by atoms with Crippen LogP contribution >= 0.6 is 0 Å². The van der Waals surface area contributed by atoms with Gasteiger partial charge < -0.3 is 21.1 Å². The van der Waals surface area contributed by atoms with Gasteiger partial charge in [-0.3, -0.25) is 0 Å². The lowest BCUT2D eigenvalue weighted by Crippen LogP contribution is -2.44. The number of piperidine rings is 1. The number of aromatic nitrogens is 4. The molecule has 8 nitrogen and oxygen atoms in total. The predicted octanol–water partition coefficient (Wildman–Crippen LogP) is 3.31. The number of benzene rings is 2. The van der Waals surface area contributed by atoms with Crippen LogP contribution in [0.25, 0.3) is 11.2 Å². The van der Waals surface area contributed by atoms with Crippen LogP contribution in [0.1, 0.15) is 35.6 Å². The third-order valence-electron chi connectivity index (χ3n) is 7.62. The first-order valence-electron chi connectivity index (χ1n) is 11.8. The highest BCUT2D eigenvalue weighted by Gasteiger charge is 2.45. The number of ether oxygens (including phenoxy) is 1. The van der Waals surface area contributed by atoms with Gasteiger partial charge in [0.05, 0.1) is 19.9 Å². The summed E-state index contributed by atoms with van der Waals surface area (Å²) < 4.78 is 7.09. The van der Waals surface area contributed by atoms with E-state index in [2.05, 4.69) is 39.2 Å². The van der Waals surface area contributed by atoms with E-state index in [0.29, 0.717) is 23.5 Å². The molecule has 174 valence electrons. The summed E-state index contributed by atoms with van der Waals surface area (Å²) in [5.74, 6) is 2.08. The van der Waals surface area contributed by atoms with Gasteiger partial charge in [-0.15, -0.1) is 0 Å². The largest absolute Gasteiger partial charge is 0.497 e. The number of nitrogens with zero attached hydrogens (tertiary/aromatic N) is 5. The standard InChI is InChI=1S/C26H29N7O/c1-34-19-8-6-17(7-9-19)16-33-25-22(24(28)31-33)29-15-21(30-25)32-12-10-26(11-13-32)14-18-4-2-3-5-20(18)23(26)27/h2-9,15,23H,10-14,16,27H2,1H3,(H2,28,31)/t23-/m1/s1. The molecule has 1 saturated heterocycles. The summed E-state index contributed by atoms with van der Waals surface area (Å²) in [7, 11) is 1.66. The number of hydrogen-bond acceptors (Lipinski definition) is 7. The van der Waals surface area contributed by atoms with Gasteiger partial charge in [0.15, 0.2) is 17.0 Å². The Hall–Kier alpha value is -3.65. The van der Waals surface area contributed by atoms with Crippen molar-refractivity contribution in [1.29, 1.82) is 0 Å². The Bertz CT molecular complexity index is 1340. The normalized spacial score (nSPS) is 19.0. The number of methoxy groups -OCH3 is 1. The maximum Gasteiger partial charge on any atom is 0.181 e. The van der Waals surface area contributed by atoms with Crippen molar-refractivity contribution in [3.8, 4) is 5.75 Å². The molecule has 2 aromatic heterocycles. The fourth-order valence-corrected chi connectivity index (χ4v) is 5.61. The zero-order valence-electron chi connectivity index (χ0n) is 19.3. The Labute approximate surface area is 198 Å². The monoisotopic (exact) mass is 455 g/mol. The van der Waals surface area contributed by atoms with Crippen LogP contribution in [0.15, 0.2) is 54.7 Å². The van der Waals surface area contributed by atoms with Crippen LogP contribution in [0.2, 0.25) is 0 Å². The summed E-state index contributed by atoms with van der Waals surface area (Å²) in [6.45, 7) is 2.37. The van der Waals surface area contributed by atoms with Crippen molar-refractivity contribution >= 4 is 22.8 Å². The van der Waals surface area contributed by atoms with Gasteiger partial charge in [0.1, 0.15) is 11.6 Å². The van der Waals surface area contributed by atoms with E-state index < -0.39 is 0 Å². The summed E-state index contributed by atoms with van der Waals surface area (Å²) in [5.41, 5.74) is 18.2. The Morgan fingerprint density at radius 3 is 2.59 bits per heavy atom. The molecule has 4 N–H and O–H groups in total. The van der Waals surface area contributed by atoms with Crippen LogP contribution in [0, 0.1) is 5.41 Å². The van der Waals surface area contributed by atoms with E-state index in [-0.39, 0.29) is 11.5 Å². The molecule has 4 aromatic rings. The number of anilines is 2. The number of hydrogen-bond donors (Lipinski definition) is 2. The first kappa shape index (κ1) is 20.9. The number of nitrogen functional groups attached to an aromatic ring is 1. The van der Waals surface area contributed by atoms with Gasteiger partial charge in [-0.1, -0.05) is 36.4 Å². The zero-order chi connectivity index (χ0) is 23.3. The Kier molecular flexibility index (Phi) is 4.91. The van der Waals surface area contributed by atoms with Gasteiger partial charge in [0.2, 0.25) is 0 Å². The lowest BCUT2D eigenvalue weighted by molar-refractivity contribution is 0.187. The molecule has 2 aromatic carbocycles. The molecule has 0 amide bonds. The third kappa shape index (κ3) is 3.37. The lowest BCUT2D eigenvalue weighted by atomic mass is 9.73. The van der Waals surface area contributed by atoms with Crippen molar-refractivity contribution in [3.63, 3.8) is 0 Å². The number of nitrogens with two attached hydrogens (primary N) is 2. The molecule has 8 heteroatoms. The van der Waals surface area contributed by atoms with Crippen molar-refractivity contribution < 1.29 is 4.74 Å². The molecule has 3 heterocycles.